The highest BCUT2D eigenvalue weighted by molar-refractivity contribution is 7.95. The summed E-state index contributed by atoms with van der Waals surface area (Å²) in [6.07, 6.45) is 4.49. The molecular formula is C25H25N3O3S. The van der Waals surface area contributed by atoms with Crippen molar-refractivity contribution in [1.82, 2.24) is 8.61 Å². The molecular weight excluding hydrogens is 422 g/mol. The van der Waals surface area contributed by atoms with Crippen molar-refractivity contribution in [2.24, 2.45) is 10.9 Å². The predicted octanol–water partition coefficient (Wildman–Crippen LogP) is 4.19. The highest BCUT2D eigenvalue weighted by atomic mass is 32.2. The Kier molecular flexibility index (Phi) is 7.40. The zero-order valence-corrected chi connectivity index (χ0v) is 18.5. The van der Waals surface area contributed by atoms with Gasteiger partial charge in [-0.3, -0.25) is 23.2 Å². The van der Waals surface area contributed by atoms with Gasteiger partial charge in [0.2, 0.25) is 0 Å². The summed E-state index contributed by atoms with van der Waals surface area (Å²) in [7, 11) is 0. The van der Waals surface area contributed by atoms with Gasteiger partial charge in [-0.15, -0.1) is 0 Å². The van der Waals surface area contributed by atoms with Crippen LogP contribution in [0, 0.1) is 5.92 Å². The van der Waals surface area contributed by atoms with Gasteiger partial charge in [-0.05, 0) is 36.1 Å². The first kappa shape index (κ1) is 21.9. The molecule has 0 unspecified atom stereocenters. The van der Waals surface area contributed by atoms with Crippen LogP contribution >= 0.6 is 12.1 Å². The van der Waals surface area contributed by atoms with Crippen molar-refractivity contribution in [2.45, 2.75) is 19.4 Å². The zero-order chi connectivity index (χ0) is 22.2. The topological polar surface area (TPSA) is 66.1 Å². The smallest absolute Gasteiger partial charge is 0.251 e. The maximum Gasteiger partial charge on any atom is 0.251 e. The normalized spacial score (nSPS) is 15.1. The van der Waals surface area contributed by atoms with E-state index in [1.54, 1.807) is 20.9 Å². The lowest BCUT2D eigenvalue weighted by Crippen LogP contribution is -2.50. The molecule has 1 aliphatic rings. The summed E-state index contributed by atoms with van der Waals surface area (Å²) in [5, 5.41) is 0. The molecule has 32 heavy (non-hydrogen) atoms. The Balaban J connectivity index is 1.46. The zero-order valence-electron chi connectivity index (χ0n) is 17.7. The van der Waals surface area contributed by atoms with E-state index in [0.29, 0.717) is 25.4 Å². The molecule has 0 saturated carbocycles. The number of benzene rings is 2. The molecule has 2 aromatic carbocycles. The molecule has 1 aromatic heterocycles. The fourth-order valence-electron chi connectivity index (χ4n) is 3.45. The first-order valence-electron chi connectivity index (χ1n) is 10.6. The van der Waals surface area contributed by atoms with Gasteiger partial charge in [0.1, 0.15) is 5.76 Å². The SMILES string of the molecule is O=C1C(C=NCc2ccco2)C(=O)N(CCc2ccccc2)SN1CCc1ccccc1. The first-order valence-corrected chi connectivity index (χ1v) is 11.3. The lowest BCUT2D eigenvalue weighted by Gasteiger charge is -2.36. The Bertz CT molecular complexity index is 977. The van der Waals surface area contributed by atoms with E-state index < -0.39 is 5.92 Å². The van der Waals surface area contributed by atoms with Crippen LogP contribution in [0.2, 0.25) is 0 Å². The molecule has 3 aromatic rings. The van der Waals surface area contributed by atoms with Crippen LogP contribution in [0.15, 0.2) is 88.5 Å². The number of hydrogen-bond acceptors (Lipinski definition) is 5. The van der Waals surface area contributed by atoms with Gasteiger partial charge in [-0.1, -0.05) is 60.7 Å². The predicted molar refractivity (Wildman–Crippen MR) is 126 cm³/mol. The van der Waals surface area contributed by atoms with Gasteiger partial charge >= 0.3 is 0 Å². The minimum atomic E-state index is -0.919. The van der Waals surface area contributed by atoms with Crippen molar-refractivity contribution in [3.8, 4) is 0 Å². The molecule has 1 fully saturated rings. The number of furan rings is 1. The number of amides is 2. The minimum Gasteiger partial charge on any atom is -0.467 e. The molecule has 2 heterocycles. The molecule has 0 N–H and O–H groups in total. The number of nitrogens with zero attached hydrogens (tertiary/aromatic N) is 3. The lowest BCUT2D eigenvalue weighted by atomic mass is 10.1. The van der Waals surface area contributed by atoms with Gasteiger partial charge in [-0.2, -0.15) is 0 Å². The van der Waals surface area contributed by atoms with Crippen LogP contribution in [0.5, 0.6) is 0 Å². The Morgan fingerprint density at radius 1 is 0.812 bits per heavy atom. The second-order valence-electron chi connectivity index (χ2n) is 7.48. The van der Waals surface area contributed by atoms with Crippen LogP contribution in [0.1, 0.15) is 16.9 Å². The summed E-state index contributed by atoms with van der Waals surface area (Å²) >= 11 is 1.21. The van der Waals surface area contributed by atoms with E-state index in [1.807, 2.05) is 66.7 Å². The molecule has 164 valence electrons. The molecule has 1 aliphatic heterocycles. The third kappa shape index (κ3) is 5.68. The third-order valence-electron chi connectivity index (χ3n) is 5.20. The Morgan fingerprint density at radius 3 is 1.88 bits per heavy atom. The standard InChI is InChI=1S/C25H25N3O3S/c29-24-23(19-26-18-22-12-7-17-31-22)25(30)28(16-14-21-10-5-2-6-11-21)32-27(24)15-13-20-8-3-1-4-9-20/h1-12,17,19,23H,13-16,18H2. The Hall–Kier alpha value is -3.32. The average Bonchev–Trinajstić information content (AvgIpc) is 3.35. The van der Waals surface area contributed by atoms with Crippen LogP contribution in [0.4, 0.5) is 0 Å². The van der Waals surface area contributed by atoms with E-state index in [2.05, 4.69) is 4.99 Å². The highest BCUT2D eigenvalue weighted by Crippen LogP contribution is 2.28. The molecule has 0 radical (unpaired) electrons. The van der Waals surface area contributed by atoms with Crippen molar-refractivity contribution in [3.05, 3.63) is 95.9 Å². The molecule has 7 heteroatoms. The summed E-state index contributed by atoms with van der Waals surface area (Å²) < 4.78 is 8.65. The molecule has 0 aliphatic carbocycles. The van der Waals surface area contributed by atoms with Crippen molar-refractivity contribution in [2.75, 3.05) is 13.1 Å². The Morgan fingerprint density at radius 2 is 1.38 bits per heavy atom. The summed E-state index contributed by atoms with van der Waals surface area (Å²) in [5.74, 6) is -0.684. The molecule has 1 saturated heterocycles. The van der Waals surface area contributed by atoms with Crippen molar-refractivity contribution in [3.63, 3.8) is 0 Å². The molecule has 2 amide bonds. The quantitative estimate of drug-likeness (QED) is 0.280. The van der Waals surface area contributed by atoms with Crippen LogP contribution in [0.3, 0.4) is 0 Å². The molecule has 4 rings (SSSR count). The second kappa shape index (κ2) is 10.8. The van der Waals surface area contributed by atoms with Crippen molar-refractivity contribution >= 4 is 30.2 Å². The number of rotatable bonds is 9. The van der Waals surface area contributed by atoms with Crippen molar-refractivity contribution < 1.29 is 14.0 Å². The third-order valence-corrected chi connectivity index (χ3v) is 6.31. The summed E-state index contributed by atoms with van der Waals surface area (Å²) in [6, 6.07) is 23.7. The van der Waals surface area contributed by atoms with E-state index in [0.717, 1.165) is 24.0 Å². The van der Waals surface area contributed by atoms with Crippen LogP contribution < -0.4 is 0 Å². The number of hydrogen-bond donors (Lipinski definition) is 0. The summed E-state index contributed by atoms with van der Waals surface area (Å²) in [6.45, 7) is 1.33. The van der Waals surface area contributed by atoms with Crippen molar-refractivity contribution in [1.29, 1.82) is 0 Å². The lowest BCUT2D eigenvalue weighted by molar-refractivity contribution is -0.140. The number of carbonyl (C=O) groups excluding carboxylic acids is 2. The first-order chi connectivity index (χ1) is 15.7. The highest BCUT2D eigenvalue weighted by Gasteiger charge is 2.40. The minimum absolute atomic E-state index is 0.227. The van der Waals surface area contributed by atoms with Gasteiger partial charge in [0.15, 0.2) is 5.92 Å². The van der Waals surface area contributed by atoms with Crippen LogP contribution in [-0.2, 0) is 29.0 Å². The Labute approximate surface area is 192 Å². The fraction of sp³-hybridized carbons (Fsp3) is 0.240. The maximum atomic E-state index is 13.1. The molecule has 6 nitrogen and oxygen atoms in total. The van der Waals surface area contributed by atoms with E-state index in [-0.39, 0.29) is 11.8 Å². The van der Waals surface area contributed by atoms with Gasteiger partial charge in [0, 0.05) is 19.3 Å². The van der Waals surface area contributed by atoms with Gasteiger partial charge < -0.3 is 4.42 Å². The van der Waals surface area contributed by atoms with Crippen LogP contribution in [-0.4, -0.2) is 39.7 Å². The largest absolute Gasteiger partial charge is 0.467 e. The van der Waals surface area contributed by atoms with Crippen LogP contribution in [0.25, 0.3) is 0 Å². The van der Waals surface area contributed by atoms with E-state index in [4.69, 9.17) is 4.42 Å². The second-order valence-corrected chi connectivity index (χ2v) is 8.53. The maximum absolute atomic E-state index is 13.1. The summed E-state index contributed by atoms with van der Waals surface area (Å²) in [5.41, 5.74) is 2.30. The van der Waals surface area contributed by atoms with E-state index in [1.165, 1.54) is 18.3 Å². The summed E-state index contributed by atoms with van der Waals surface area (Å²) in [4.78, 5) is 30.5. The van der Waals surface area contributed by atoms with Gasteiger partial charge in [0.05, 0.1) is 24.9 Å². The van der Waals surface area contributed by atoms with Gasteiger partial charge in [0.25, 0.3) is 11.8 Å². The average molecular weight is 448 g/mol. The van der Waals surface area contributed by atoms with E-state index in [9.17, 15) is 9.59 Å². The molecule has 0 spiro atoms. The monoisotopic (exact) mass is 447 g/mol. The van der Waals surface area contributed by atoms with E-state index >= 15 is 0 Å². The number of carbonyl (C=O) groups is 2. The fourth-order valence-corrected chi connectivity index (χ4v) is 4.42. The molecule has 0 atom stereocenters. The molecule has 0 bridgehead atoms. The van der Waals surface area contributed by atoms with Gasteiger partial charge in [-0.25, -0.2) is 0 Å². The number of aliphatic imine (C=N–C) groups is 1.